The van der Waals surface area contributed by atoms with Crippen molar-refractivity contribution in [3.8, 4) is 5.75 Å². The van der Waals surface area contributed by atoms with Crippen LogP contribution in [0.1, 0.15) is 11.1 Å². The second-order valence-corrected chi connectivity index (χ2v) is 6.86. The van der Waals surface area contributed by atoms with Crippen molar-refractivity contribution in [1.82, 2.24) is 0 Å². The van der Waals surface area contributed by atoms with E-state index in [1.807, 2.05) is 0 Å². The minimum absolute atomic E-state index is 0.0758. The van der Waals surface area contributed by atoms with Crippen LogP contribution in [0.4, 0.5) is 14.5 Å². The zero-order chi connectivity index (χ0) is 20.2. The first-order chi connectivity index (χ1) is 12.5. The summed E-state index contributed by atoms with van der Waals surface area (Å²) in [6.07, 6.45) is 2.24. The van der Waals surface area contributed by atoms with Crippen LogP contribution in [-0.4, -0.2) is 20.7 Å². The monoisotopic (exact) mass is 399 g/mol. The van der Waals surface area contributed by atoms with Crippen molar-refractivity contribution in [2.24, 2.45) is 0 Å². The van der Waals surface area contributed by atoms with Gasteiger partial charge in [0.15, 0.2) is 0 Å². The summed E-state index contributed by atoms with van der Waals surface area (Å²) in [5.74, 6) is -0.736. The lowest BCUT2D eigenvalue weighted by Gasteiger charge is -2.17. The average Bonchev–Trinajstić information content (AvgIpc) is 2.60. The number of esters is 1. The Labute approximate surface area is 151 Å². The van der Waals surface area contributed by atoms with Gasteiger partial charge in [-0.25, -0.2) is 4.79 Å². The summed E-state index contributed by atoms with van der Waals surface area (Å²) >= 11 is 0. The standard InChI is InChI=1S/C16H12F2NO7P/c17-16(18,27(23,24)25)12-4-1-11(2-5-12)3-10-15(20)26-14-8-6-13(7-9-14)19(21)22/h1-10H,(H2,23,24,25). The summed E-state index contributed by atoms with van der Waals surface area (Å²) in [5.41, 5.74) is -5.04. The molecule has 27 heavy (non-hydrogen) atoms. The van der Waals surface area contributed by atoms with Crippen LogP contribution in [0, 0.1) is 10.1 Å². The van der Waals surface area contributed by atoms with Gasteiger partial charge in [0.2, 0.25) is 0 Å². The summed E-state index contributed by atoms with van der Waals surface area (Å²) in [5, 5.41) is 10.5. The van der Waals surface area contributed by atoms with Gasteiger partial charge in [-0.3, -0.25) is 14.7 Å². The Morgan fingerprint density at radius 1 is 1.11 bits per heavy atom. The molecule has 0 aliphatic carbocycles. The van der Waals surface area contributed by atoms with Crippen LogP contribution in [0.5, 0.6) is 5.75 Å². The highest BCUT2D eigenvalue weighted by Crippen LogP contribution is 2.59. The van der Waals surface area contributed by atoms with Crippen LogP contribution >= 0.6 is 7.60 Å². The maximum atomic E-state index is 13.5. The third-order valence-corrected chi connectivity index (χ3v) is 4.29. The number of benzene rings is 2. The molecule has 8 nitrogen and oxygen atoms in total. The number of alkyl halides is 2. The number of nitrogens with zero attached hydrogens (tertiary/aromatic N) is 1. The summed E-state index contributed by atoms with van der Waals surface area (Å²) in [6.45, 7) is 0. The molecule has 0 fully saturated rings. The molecular formula is C16H12F2NO7P. The van der Waals surface area contributed by atoms with E-state index in [0.29, 0.717) is 5.56 Å². The van der Waals surface area contributed by atoms with Crippen LogP contribution in [0.15, 0.2) is 54.6 Å². The van der Waals surface area contributed by atoms with E-state index in [1.54, 1.807) is 0 Å². The van der Waals surface area contributed by atoms with E-state index in [-0.39, 0.29) is 11.4 Å². The summed E-state index contributed by atoms with van der Waals surface area (Å²) in [4.78, 5) is 39.0. The molecule has 0 aliphatic heterocycles. The molecule has 0 bridgehead atoms. The van der Waals surface area contributed by atoms with Gasteiger partial charge in [0.1, 0.15) is 5.75 Å². The fraction of sp³-hybridized carbons (Fsp3) is 0.0625. The smallest absolute Gasteiger partial charge is 0.399 e. The summed E-state index contributed by atoms with van der Waals surface area (Å²) in [6, 6.07) is 8.76. The van der Waals surface area contributed by atoms with Gasteiger partial charge < -0.3 is 14.5 Å². The molecule has 0 heterocycles. The first-order valence-electron chi connectivity index (χ1n) is 7.19. The highest BCUT2D eigenvalue weighted by Gasteiger charge is 2.50. The van der Waals surface area contributed by atoms with E-state index in [1.165, 1.54) is 18.2 Å². The highest BCUT2D eigenvalue weighted by atomic mass is 31.2. The predicted molar refractivity (Wildman–Crippen MR) is 90.1 cm³/mol. The molecule has 0 saturated carbocycles. The van der Waals surface area contributed by atoms with E-state index >= 15 is 0 Å². The minimum Gasteiger partial charge on any atom is -0.423 e. The molecule has 0 amide bonds. The van der Waals surface area contributed by atoms with Crippen LogP contribution in [0.2, 0.25) is 0 Å². The second kappa shape index (κ2) is 7.75. The van der Waals surface area contributed by atoms with Gasteiger partial charge in [0, 0.05) is 23.8 Å². The van der Waals surface area contributed by atoms with Crippen LogP contribution in [0.3, 0.4) is 0 Å². The number of nitro benzene ring substituents is 1. The van der Waals surface area contributed by atoms with E-state index in [2.05, 4.69) is 0 Å². The number of ether oxygens (including phenoxy) is 1. The molecule has 11 heteroatoms. The van der Waals surface area contributed by atoms with Crippen molar-refractivity contribution < 1.29 is 37.6 Å². The summed E-state index contributed by atoms with van der Waals surface area (Å²) in [7, 11) is -5.65. The lowest BCUT2D eigenvalue weighted by Crippen LogP contribution is -2.13. The molecule has 2 aromatic rings. The van der Waals surface area contributed by atoms with Crippen molar-refractivity contribution in [1.29, 1.82) is 0 Å². The van der Waals surface area contributed by atoms with Gasteiger partial charge in [-0.15, -0.1) is 0 Å². The Morgan fingerprint density at radius 2 is 1.67 bits per heavy atom. The summed E-state index contributed by atoms with van der Waals surface area (Å²) < 4.78 is 42.8. The number of nitro groups is 1. The quantitative estimate of drug-likeness (QED) is 0.190. The predicted octanol–water partition coefficient (Wildman–Crippen LogP) is 3.44. The lowest BCUT2D eigenvalue weighted by atomic mass is 10.1. The minimum atomic E-state index is -5.65. The van der Waals surface area contributed by atoms with Crippen LogP contribution in [-0.2, 0) is 15.0 Å². The fourth-order valence-electron chi connectivity index (χ4n) is 1.91. The number of carbonyl (C=O) groups is 1. The number of non-ortho nitro benzene ring substituents is 1. The number of hydrogen-bond acceptors (Lipinski definition) is 5. The van der Waals surface area contributed by atoms with E-state index in [9.17, 15) is 28.3 Å². The van der Waals surface area contributed by atoms with Crippen molar-refractivity contribution in [2.45, 2.75) is 5.66 Å². The number of halogens is 2. The molecule has 142 valence electrons. The van der Waals surface area contributed by atoms with E-state index in [0.717, 1.165) is 42.5 Å². The fourth-order valence-corrected chi connectivity index (χ4v) is 2.40. The first kappa shape index (κ1) is 20.4. The number of rotatable bonds is 6. The Kier molecular flexibility index (Phi) is 5.85. The van der Waals surface area contributed by atoms with Crippen molar-refractivity contribution in [3.05, 3.63) is 75.8 Å². The van der Waals surface area contributed by atoms with Gasteiger partial charge in [0.05, 0.1) is 4.92 Å². The SMILES string of the molecule is O=C(C=Cc1ccc(C(F)(F)P(=O)(O)O)cc1)Oc1ccc([N+](=O)[O-])cc1. The Hall–Kier alpha value is -2.94. The Bertz CT molecular complexity index is 921. The molecule has 0 aromatic heterocycles. The van der Waals surface area contributed by atoms with Crippen LogP contribution in [0.25, 0.3) is 6.08 Å². The van der Waals surface area contributed by atoms with Gasteiger partial charge in [-0.2, -0.15) is 8.78 Å². The molecule has 0 aliphatic rings. The second-order valence-electron chi connectivity index (χ2n) is 5.21. The van der Waals surface area contributed by atoms with Gasteiger partial charge in [-0.1, -0.05) is 24.3 Å². The molecule has 0 unspecified atom stereocenters. The van der Waals surface area contributed by atoms with Crippen molar-refractivity contribution in [2.75, 3.05) is 0 Å². The Morgan fingerprint density at radius 3 is 2.15 bits per heavy atom. The first-order valence-corrected chi connectivity index (χ1v) is 8.80. The molecule has 2 N–H and O–H groups in total. The number of carbonyl (C=O) groups excluding carboxylic acids is 1. The molecule has 2 rings (SSSR count). The normalized spacial score (nSPS) is 12.1. The molecule has 0 radical (unpaired) electrons. The zero-order valence-electron chi connectivity index (χ0n) is 13.4. The highest BCUT2D eigenvalue weighted by molar-refractivity contribution is 7.52. The third-order valence-electron chi connectivity index (χ3n) is 3.30. The molecule has 0 spiro atoms. The third kappa shape index (κ3) is 5.04. The molecule has 0 atom stereocenters. The molecular weight excluding hydrogens is 387 g/mol. The van der Waals surface area contributed by atoms with E-state index in [4.69, 9.17) is 14.5 Å². The number of hydrogen-bond donors (Lipinski definition) is 2. The van der Waals surface area contributed by atoms with Gasteiger partial charge in [-0.05, 0) is 23.8 Å². The van der Waals surface area contributed by atoms with Crippen LogP contribution < -0.4 is 4.74 Å². The Balaban J connectivity index is 2.04. The average molecular weight is 399 g/mol. The van der Waals surface area contributed by atoms with Gasteiger partial charge in [0.25, 0.3) is 5.69 Å². The maximum Gasteiger partial charge on any atom is 0.399 e. The van der Waals surface area contributed by atoms with E-state index < -0.39 is 29.7 Å². The van der Waals surface area contributed by atoms with Gasteiger partial charge >= 0.3 is 19.2 Å². The van der Waals surface area contributed by atoms with Crippen molar-refractivity contribution in [3.63, 3.8) is 0 Å². The lowest BCUT2D eigenvalue weighted by molar-refractivity contribution is -0.384. The van der Waals surface area contributed by atoms with Crippen molar-refractivity contribution >= 4 is 25.3 Å². The largest absolute Gasteiger partial charge is 0.423 e. The topological polar surface area (TPSA) is 127 Å². The maximum absolute atomic E-state index is 13.5. The zero-order valence-corrected chi connectivity index (χ0v) is 14.3. The molecule has 2 aromatic carbocycles. The molecule has 0 saturated heterocycles.